The summed E-state index contributed by atoms with van der Waals surface area (Å²) in [5.74, 6) is 0.0351. The van der Waals surface area contributed by atoms with Gasteiger partial charge in [0.2, 0.25) is 17.6 Å². The van der Waals surface area contributed by atoms with Crippen LogP contribution in [0.5, 0.6) is 0 Å². The molecule has 158 valence electrons. The predicted octanol–water partition coefficient (Wildman–Crippen LogP) is 4.15. The Balaban J connectivity index is 1.40. The van der Waals surface area contributed by atoms with Crippen molar-refractivity contribution in [2.45, 2.75) is 33.1 Å². The van der Waals surface area contributed by atoms with Crippen molar-refractivity contribution in [3.63, 3.8) is 0 Å². The van der Waals surface area contributed by atoms with Crippen LogP contribution in [0.25, 0.3) is 11.4 Å². The SMILES string of the molecule is CCN(CCCNC(=O)CCc1nc(-c2ccccc2F)no1)c1cccc(C)c1. The summed E-state index contributed by atoms with van der Waals surface area (Å²) in [5, 5.41) is 6.73. The number of rotatable bonds is 10. The number of carbonyl (C=O) groups excluding carboxylic acids is 1. The highest BCUT2D eigenvalue weighted by molar-refractivity contribution is 5.76. The van der Waals surface area contributed by atoms with Gasteiger partial charge in [-0.2, -0.15) is 4.98 Å². The maximum Gasteiger partial charge on any atom is 0.227 e. The molecule has 3 aromatic rings. The van der Waals surface area contributed by atoms with Gasteiger partial charge >= 0.3 is 0 Å². The van der Waals surface area contributed by atoms with Crippen LogP contribution in [-0.4, -0.2) is 35.7 Å². The molecular formula is C23H27FN4O2. The topological polar surface area (TPSA) is 71.3 Å². The Kier molecular flexibility index (Phi) is 7.54. The van der Waals surface area contributed by atoms with Crippen LogP contribution in [0.15, 0.2) is 53.1 Å². The van der Waals surface area contributed by atoms with Crippen molar-refractivity contribution in [2.75, 3.05) is 24.5 Å². The van der Waals surface area contributed by atoms with Gasteiger partial charge < -0.3 is 14.7 Å². The van der Waals surface area contributed by atoms with E-state index in [1.807, 2.05) is 0 Å². The molecule has 0 unspecified atom stereocenters. The third kappa shape index (κ3) is 5.89. The van der Waals surface area contributed by atoms with Crippen LogP contribution in [0.1, 0.15) is 31.2 Å². The number of nitrogens with zero attached hydrogens (tertiary/aromatic N) is 3. The van der Waals surface area contributed by atoms with E-state index in [-0.39, 0.29) is 23.7 Å². The molecule has 0 aliphatic carbocycles. The Bertz CT molecular complexity index is 973. The van der Waals surface area contributed by atoms with E-state index in [1.54, 1.807) is 18.2 Å². The zero-order chi connectivity index (χ0) is 21.3. The smallest absolute Gasteiger partial charge is 0.227 e. The molecule has 2 aromatic carbocycles. The number of halogens is 1. The van der Waals surface area contributed by atoms with Gasteiger partial charge in [-0.15, -0.1) is 0 Å². The normalized spacial score (nSPS) is 10.8. The van der Waals surface area contributed by atoms with Crippen molar-refractivity contribution in [3.05, 3.63) is 65.8 Å². The summed E-state index contributed by atoms with van der Waals surface area (Å²) in [5.41, 5.74) is 2.72. The zero-order valence-electron chi connectivity index (χ0n) is 17.4. The lowest BCUT2D eigenvalue weighted by atomic mass is 10.2. The van der Waals surface area contributed by atoms with Crippen LogP contribution in [-0.2, 0) is 11.2 Å². The lowest BCUT2D eigenvalue weighted by molar-refractivity contribution is -0.121. The predicted molar refractivity (Wildman–Crippen MR) is 115 cm³/mol. The lowest BCUT2D eigenvalue weighted by Crippen LogP contribution is -2.30. The summed E-state index contributed by atoms with van der Waals surface area (Å²) >= 11 is 0. The van der Waals surface area contributed by atoms with Crippen LogP contribution >= 0.6 is 0 Å². The van der Waals surface area contributed by atoms with Crippen molar-refractivity contribution in [1.29, 1.82) is 0 Å². The first kappa shape index (κ1) is 21.5. The minimum absolute atomic E-state index is 0.0701. The van der Waals surface area contributed by atoms with Crippen molar-refractivity contribution in [2.24, 2.45) is 0 Å². The molecule has 0 atom stereocenters. The van der Waals surface area contributed by atoms with Gasteiger partial charge in [-0.05, 0) is 50.1 Å². The number of carbonyl (C=O) groups is 1. The van der Waals surface area contributed by atoms with Gasteiger partial charge in [-0.25, -0.2) is 4.39 Å². The van der Waals surface area contributed by atoms with Crippen LogP contribution < -0.4 is 10.2 Å². The van der Waals surface area contributed by atoms with Gasteiger partial charge in [0.25, 0.3) is 0 Å². The number of hydrogen-bond donors (Lipinski definition) is 1. The molecule has 1 amide bonds. The first-order valence-electron chi connectivity index (χ1n) is 10.2. The van der Waals surface area contributed by atoms with Gasteiger partial charge in [-0.3, -0.25) is 4.79 Å². The molecule has 0 spiro atoms. The molecule has 0 bridgehead atoms. The maximum atomic E-state index is 13.8. The van der Waals surface area contributed by atoms with Crippen LogP contribution in [0.4, 0.5) is 10.1 Å². The number of aromatic nitrogens is 2. The molecule has 7 heteroatoms. The average molecular weight is 410 g/mol. The van der Waals surface area contributed by atoms with Crippen LogP contribution in [0.3, 0.4) is 0 Å². The standard InChI is InChI=1S/C23H27FN4O2/c1-3-28(18-9-6-8-17(2)16-18)15-7-14-25-21(29)12-13-22-26-23(27-30-22)19-10-4-5-11-20(19)24/h4-6,8-11,16H,3,7,12-15H2,1-2H3,(H,25,29). The first-order chi connectivity index (χ1) is 14.6. The number of nitrogens with one attached hydrogen (secondary N) is 1. The summed E-state index contributed by atoms with van der Waals surface area (Å²) in [6, 6.07) is 14.7. The number of anilines is 1. The fourth-order valence-corrected chi connectivity index (χ4v) is 3.21. The number of benzene rings is 2. The zero-order valence-corrected chi connectivity index (χ0v) is 17.4. The van der Waals surface area contributed by atoms with Gasteiger partial charge in [0.15, 0.2) is 0 Å². The maximum absolute atomic E-state index is 13.8. The Morgan fingerprint density at radius 1 is 1.20 bits per heavy atom. The van der Waals surface area contributed by atoms with E-state index in [9.17, 15) is 9.18 Å². The first-order valence-corrected chi connectivity index (χ1v) is 10.2. The van der Waals surface area contributed by atoms with Crippen molar-refractivity contribution < 1.29 is 13.7 Å². The second kappa shape index (κ2) is 10.5. The third-order valence-corrected chi connectivity index (χ3v) is 4.82. The Morgan fingerprint density at radius 3 is 2.80 bits per heavy atom. The molecule has 1 heterocycles. The Labute approximate surface area is 176 Å². The molecule has 0 aliphatic rings. The monoisotopic (exact) mass is 410 g/mol. The van der Waals surface area contributed by atoms with Gasteiger partial charge in [0.05, 0.1) is 5.56 Å². The summed E-state index contributed by atoms with van der Waals surface area (Å²) in [7, 11) is 0. The molecule has 0 saturated heterocycles. The molecule has 0 radical (unpaired) electrons. The molecule has 1 aromatic heterocycles. The van der Waals surface area contributed by atoms with Crippen molar-refractivity contribution >= 4 is 11.6 Å². The Morgan fingerprint density at radius 2 is 2.03 bits per heavy atom. The minimum atomic E-state index is -0.408. The average Bonchev–Trinajstić information content (AvgIpc) is 3.21. The number of aryl methyl sites for hydroxylation is 2. The second-order valence-corrected chi connectivity index (χ2v) is 7.11. The van der Waals surface area contributed by atoms with E-state index in [0.717, 1.165) is 19.5 Å². The molecule has 0 fully saturated rings. The summed E-state index contributed by atoms with van der Waals surface area (Å²) in [6.45, 7) is 6.60. The number of hydrogen-bond acceptors (Lipinski definition) is 5. The van der Waals surface area contributed by atoms with Crippen LogP contribution in [0.2, 0.25) is 0 Å². The summed E-state index contributed by atoms with van der Waals surface area (Å²) in [6.07, 6.45) is 1.41. The van der Waals surface area contributed by atoms with Crippen molar-refractivity contribution in [1.82, 2.24) is 15.5 Å². The second-order valence-electron chi connectivity index (χ2n) is 7.11. The molecule has 6 nitrogen and oxygen atoms in total. The molecule has 3 rings (SSSR count). The number of amides is 1. The summed E-state index contributed by atoms with van der Waals surface area (Å²) in [4.78, 5) is 18.6. The fraction of sp³-hybridized carbons (Fsp3) is 0.348. The van der Waals surface area contributed by atoms with E-state index >= 15 is 0 Å². The van der Waals surface area contributed by atoms with E-state index in [2.05, 4.69) is 58.5 Å². The molecule has 30 heavy (non-hydrogen) atoms. The van der Waals surface area contributed by atoms with Gasteiger partial charge in [-0.1, -0.05) is 29.4 Å². The van der Waals surface area contributed by atoms with Gasteiger partial charge in [0, 0.05) is 38.2 Å². The van der Waals surface area contributed by atoms with E-state index in [1.165, 1.54) is 17.3 Å². The molecule has 1 N–H and O–H groups in total. The van der Waals surface area contributed by atoms with Crippen molar-refractivity contribution in [3.8, 4) is 11.4 Å². The minimum Gasteiger partial charge on any atom is -0.372 e. The highest BCUT2D eigenvalue weighted by Gasteiger charge is 2.13. The lowest BCUT2D eigenvalue weighted by Gasteiger charge is -2.23. The summed E-state index contributed by atoms with van der Waals surface area (Å²) < 4.78 is 18.9. The molecule has 0 saturated carbocycles. The molecular weight excluding hydrogens is 383 g/mol. The van der Waals surface area contributed by atoms with E-state index < -0.39 is 5.82 Å². The van der Waals surface area contributed by atoms with E-state index in [4.69, 9.17) is 4.52 Å². The third-order valence-electron chi connectivity index (χ3n) is 4.82. The molecule has 0 aliphatic heterocycles. The quantitative estimate of drug-likeness (QED) is 0.509. The fourth-order valence-electron chi connectivity index (χ4n) is 3.21. The highest BCUT2D eigenvalue weighted by Crippen LogP contribution is 2.19. The largest absolute Gasteiger partial charge is 0.372 e. The highest BCUT2D eigenvalue weighted by atomic mass is 19.1. The Hall–Kier alpha value is -3.22. The van der Waals surface area contributed by atoms with Crippen LogP contribution in [0, 0.1) is 12.7 Å². The van der Waals surface area contributed by atoms with E-state index in [0.29, 0.717) is 18.9 Å². The van der Waals surface area contributed by atoms with Gasteiger partial charge in [0.1, 0.15) is 5.82 Å².